The lowest BCUT2D eigenvalue weighted by Crippen LogP contribution is -2.30. The number of carbonyl (C=O) groups excluding carboxylic acids is 1. The van der Waals surface area contributed by atoms with Gasteiger partial charge in [-0.25, -0.2) is 0 Å². The number of hydrogen-bond donors (Lipinski definition) is 1. The van der Waals surface area contributed by atoms with E-state index in [1.807, 2.05) is 76.3 Å². The van der Waals surface area contributed by atoms with Crippen molar-refractivity contribution < 1.29 is 19.4 Å². The lowest BCUT2D eigenvalue weighted by molar-refractivity contribution is 0.0840. The van der Waals surface area contributed by atoms with Gasteiger partial charge >= 0.3 is 0 Å². The topological polar surface area (TPSA) is 55.8 Å². The van der Waals surface area contributed by atoms with E-state index in [2.05, 4.69) is 0 Å². The number of fused-ring (bicyclic) bond motifs is 3. The highest BCUT2D eigenvalue weighted by Gasteiger charge is 2.37. The number of aromatic hydroxyl groups is 1. The van der Waals surface area contributed by atoms with Gasteiger partial charge in [-0.05, 0) is 51.8 Å². The third-order valence-electron chi connectivity index (χ3n) is 5.33. The van der Waals surface area contributed by atoms with Crippen molar-refractivity contribution in [1.82, 2.24) is 0 Å². The van der Waals surface area contributed by atoms with Gasteiger partial charge in [0.15, 0.2) is 5.78 Å². The molecule has 1 atom stereocenters. The van der Waals surface area contributed by atoms with Crippen LogP contribution in [0.1, 0.15) is 67.3 Å². The van der Waals surface area contributed by atoms with Crippen molar-refractivity contribution in [3.05, 3.63) is 70.3 Å². The molecule has 0 bridgehead atoms. The van der Waals surface area contributed by atoms with Gasteiger partial charge in [0.25, 0.3) is 0 Å². The first kappa shape index (κ1) is 19.3. The predicted molar refractivity (Wildman–Crippen MR) is 114 cm³/mol. The molecule has 2 aromatic carbocycles. The van der Waals surface area contributed by atoms with E-state index >= 15 is 0 Å². The summed E-state index contributed by atoms with van der Waals surface area (Å²) in [6.07, 6.45) is 6.23. The van der Waals surface area contributed by atoms with Gasteiger partial charge in [0.1, 0.15) is 34.5 Å². The van der Waals surface area contributed by atoms with Gasteiger partial charge in [0.05, 0.1) is 12.0 Å². The molecule has 4 nitrogen and oxygen atoms in total. The molecule has 0 amide bonds. The second-order valence-electron chi connectivity index (χ2n) is 8.44. The largest absolute Gasteiger partial charge is 0.507 e. The maximum atomic E-state index is 13.1. The zero-order valence-corrected chi connectivity index (χ0v) is 17.3. The number of rotatable bonds is 3. The van der Waals surface area contributed by atoms with Crippen molar-refractivity contribution in [2.24, 2.45) is 0 Å². The first-order chi connectivity index (χ1) is 13.8. The Hall–Kier alpha value is -3.01. The number of benzene rings is 2. The van der Waals surface area contributed by atoms with E-state index in [0.29, 0.717) is 23.5 Å². The van der Waals surface area contributed by atoms with Gasteiger partial charge in [-0.2, -0.15) is 0 Å². The van der Waals surface area contributed by atoms with E-state index in [9.17, 15) is 9.90 Å². The second-order valence-corrected chi connectivity index (χ2v) is 8.44. The van der Waals surface area contributed by atoms with Crippen LogP contribution in [0.3, 0.4) is 0 Å². The molecule has 2 aliphatic heterocycles. The molecule has 4 rings (SSSR count). The molecule has 2 aromatic rings. The SMILES string of the molecule is CC(C)=CCc1c(O)c2c(c3c1OC(C)(C)C=C3)OC(c1ccccc1)CC2=O. The summed E-state index contributed by atoms with van der Waals surface area (Å²) in [6, 6.07) is 9.70. The Bertz CT molecular complexity index is 1020. The number of ether oxygens (including phenoxy) is 2. The summed E-state index contributed by atoms with van der Waals surface area (Å²) in [4.78, 5) is 13.1. The molecule has 0 aromatic heterocycles. The molecular weight excluding hydrogens is 364 g/mol. The maximum absolute atomic E-state index is 13.1. The fourth-order valence-corrected chi connectivity index (χ4v) is 3.80. The average molecular weight is 390 g/mol. The highest BCUT2D eigenvalue weighted by Crippen LogP contribution is 2.51. The van der Waals surface area contributed by atoms with E-state index < -0.39 is 5.60 Å². The summed E-state index contributed by atoms with van der Waals surface area (Å²) in [5.41, 5.74) is 3.18. The molecule has 0 spiro atoms. The molecule has 0 saturated heterocycles. The summed E-state index contributed by atoms with van der Waals surface area (Å²) in [5.74, 6) is 0.860. The number of carbonyl (C=O) groups is 1. The van der Waals surface area contributed by atoms with Crippen LogP contribution >= 0.6 is 0 Å². The standard InChI is InChI=1S/C25H26O4/c1-15(2)10-11-17-22(27)21-19(26)14-20(16-8-6-5-7-9-16)28-24(21)18-12-13-25(3,4)29-23(17)18/h5-10,12-13,20,27H,11,14H2,1-4H3. The number of hydrogen-bond acceptors (Lipinski definition) is 4. The number of Topliss-reactive ketones (excluding diaryl/α,β-unsaturated/α-hetero) is 1. The minimum absolute atomic E-state index is 0.0288. The van der Waals surface area contributed by atoms with Crippen molar-refractivity contribution in [3.63, 3.8) is 0 Å². The molecule has 4 heteroatoms. The van der Waals surface area contributed by atoms with Gasteiger partial charge in [-0.3, -0.25) is 4.79 Å². The van der Waals surface area contributed by atoms with Crippen LogP contribution < -0.4 is 9.47 Å². The zero-order chi connectivity index (χ0) is 20.8. The Morgan fingerprint density at radius 2 is 1.93 bits per heavy atom. The van der Waals surface area contributed by atoms with Gasteiger partial charge in [-0.15, -0.1) is 0 Å². The van der Waals surface area contributed by atoms with E-state index in [1.54, 1.807) is 0 Å². The molecule has 0 saturated carbocycles. The highest BCUT2D eigenvalue weighted by molar-refractivity contribution is 6.05. The molecule has 1 unspecified atom stereocenters. The Labute approximate surface area is 171 Å². The van der Waals surface area contributed by atoms with Crippen molar-refractivity contribution in [2.45, 2.75) is 52.2 Å². The molecule has 1 N–H and O–H groups in total. The fourth-order valence-electron chi connectivity index (χ4n) is 3.80. The predicted octanol–water partition coefficient (Wildman–Crippen LogP) is 5.79. The molecular formula is C25H26O4. The average Bonchev–Trinajstić information content (AvgIpc) is 2.67. The Morgan fingerprint density at radius 3 is 2.62 bits per heavy atom. The number of ketones is 1. The van der Waals surface area contributed by atoms with E-state index in [-0.39, 0.29) is 29.6 Å². The normalized spacial score (nSPS) is 18.9. The van der Waals surface area contributed by atoms with Gasteiger partial charge < -0.3 is 14.6 Å². The first-order valence-electron chi connectivity index (χ1n) is 9.95. The van der Waals surface area contributed by atoms with Crippen molar-refractivity contribution in [2.75, 3.05) is 0 Å². The summed E-state index contributed by atoms with van der Waals surface area (Å²) in [7, 11) is 0. The van der Waals surface area contributed by atoms with Crippen molar-refractivity contribution in [1.29, 1.82) is 0 Å². The third kappa shape index (κ3) is 3.55. The molecule has 29 heavy (non-hydrogen) atoms. The lowest BCUT2D eigenvalue weighted by Gasteiger charge is -2.34. The summed E-state index contributed by atoms with van der Waals surface area (Å²) >= 11 is 0. The number of phenols is 1. The van der Waals surface area contributed by atoms with Crippen LogP contribution in [-0.2, 0) is 6.42 Å². The molecule has 2 aliphatic rings. The fraction of sp³-hybridized carbons (Fsp3) is 0.320. The molecule has 2 heterocycles. The van der Waals surface area contributed by atoms with Crippen LogP contribution in [0.4, 0.5) is 0 Å². The summed E-state index contributed by atoms with van der Waals surface area (Å²) in [6.45, 7) is 7.94. The lowest BCUT2D eigenvalue weighted by atomic mass is 9.88. The van der Waals surface area contributed by atoms with E-state index in [4.69, 9.17) is 9.47 Å². The summed E-state index contributed by atoms with van der Waals surface area (Å²) in [5, 5.41) is 11.1. The molecule has 150 valence electrons. The van der Waals surface area contributed by atoms with Crippen LogP contribution in [0, 0.1) is 0 Å². The van der Waals surface area contributed by atoms with Crippen LogP contribution in [0.2, 0.25) is 0 Å². The maximum Gasteiger partial charge on any atom is 0.174 e. The first-order valence-corrected chi connectivity index (χ1v) is 9.95. The van der Waals surface area contributed by atoms with Crippen LogP contribution in [0.15, 0.2) is 48.1 Å². The third-order valence-corrected chi connectivity index (χ3v) is 5.33. The minimum Gasteiger partial charge on any atom is -0.507 e. The van der Waals surface area contributed by atoms with Crippen LogP contribution in [0.5, 0.6) is 17.2 Å². The van der Waals surface area contributed by atoms with Crippen molar-refractivity contribution >= 4 is 11.9 Å². The van der Waals surface area contributed by atoms with Crippen LogP contribution in [0.25, 0.3) is 6.08 Å². The van der Waals surface area contributed by atoms with E-state index in [0.717, 1.165) is 16.7 Å². The zero-order valence-electron chi connectivity index (χ0n) is 17.3. The Kier molecular flexibility index (Phi) is 4.73. The van der Waals surface area contributed by atoms with Gasteiger partial charge in [-0.1, -0.05) is 42.0 Å². The molecule has 0 fully saturated rings. The number of allylic oxidation sites excluding steroid dienone is 2. The Morgan fingerprint density at radius 1 is 1.21 bits per heavy atom. The van der Waals surface area contributed by atoms with Crippen molar-refractivity contribution in [3.8, 4) is 17.2 Å². The quantitative estimate of drug-likeness (QED) is 0.674. The Balaban J connectivity index is 1.89. The number of phenolic OH excluding ortho intramolecular Hbond substituents is 1. The van der Waals surface area contributed by atoms with E-state index in [1.165, 1.54) is 0 Å². The van der Waals surface area contributed by atoms with Crippen LogP contribution in [-0.4, -0.2) is 16.5 Å². The minimum atomic E-state index is -0.509. The molecule has 0 radical (unpaired) electrons. The van der Waals surface area contributed by atoms with Gasteiger partial charge in [0, 0.05) is 5.56 Å². The van der Waals surface area contributed by atoms with Gasteiger partial charge in [0.2, 0.25) is 0 Å². The highest BCUT2D eigenvalue weighted by atomic mass is 16.5. The summed E-state index contributed by atoms with van der Waals surface area (Å²) < 4.78 is 12.5. The second kappa shape index (κ2) is 7.11. The molecule has 0 aliphatic carbocycles. The monoisotopic (exact) mass is 390 g/mol. The smallest absolute Gasteiger partial charge is 0.174 e.